The number of ether oxygens (including phenoxy) is 2. The van der Waals surface area contributed by atoms with Gasteiger partial charge in [-0.1, -0.05) is 13.8 Å². The molecule has 0 spiro atoms. The Labute approximate surface area is 108 Å². The van der Waals surface area contributed by atoms with Gasteiger partial charge >= 0.3 is 0 Å². The number of hydrogen-bond donors (Lipinski definition) is 1. The van der Waals surface area contributed by atoms with Crippen LogP contribution >= 0.6 is 0 Å². The van der Waals surface area contributed by atoms with E-state index in [1.54, 1.807) is 19.2 Å². The molecule has 0 heterocycles. The number of methoxy groups -OCH3 is 2. The average Bonchev–Trinajstić information content (AvgIpc) is 2.36. The molecule has 4 heteroatoms. The van der Waals surface area contributed by atoms with E-state index in [0.29, 0.717) is 17.1 Å². The number of rotatable bonds is 5. The van der Waals surface area contributed by atoms with Crippen LogP contribution in [0.15, 0.2) is 12.1 Å². The fourth-order valence-electron chi connectivity index (χ4n) is 1.85. The molecule has 1 atom stereocenters. The third-order valence-electron chi connectivity index (χ3n) is 3.10. The molecule has 1 N–H and O–H groups in total. The zero-order chi connectivity index (χ0) is 13.9. The summed E-state index contributed by atoms with van der Waals surface area (Å²) in [5.74, 6) is 1.05. The van der Waals surface area contributed by atoms with Gasteiger partial charge in [0.05, 0.1) is 20.8 Å². The van der Waals surface area contributed by atoms with Crippen molar-refractivity contribution < 1.29 is 19.0 Å². The molecule has 0 fully saturated rings. The Morgan fingerprint density at radius 1 is 1.22 bits per heavy atom. The Hall–Kier alpha value is -1.29. The Bertz CT molecular complexity index is 414. The van der Waals surface area contributed by atoms with Crippen molar-refractivity contribution in [2.24, 2.45) is 0 Å². The number of aliphatic hydroxyl groups excluding tert-OH is 1. The Morgan fingerprint density at radius 3 is 2.17 bits per heavy atom. The smallest absolute Gasteiger partial charge is 0.128 e. The molecule has 1 rings (SSSR count). The fourth-order valence-corrected chi connectivity index (χ4v) is 1.85. The molecule has 0 amide bonds. The highest BCUT2D eigenvalue weighted by Crippen LogP contribution is 2.39. The fraction of sp³-hybridized carbons (Fsp3) is 0.571. The van der Waals surface area contributed by atoms with Gasteiger partial charge in [0.25, 0.3) is 0 Å². The monoisotopic (exact) mass is 256 g/mol. The standard InChI is InChI=1S/C14H21FO3/c1-9(15)10-6-11(14(2,3)8-16)13(18-5)7-12(10)17-4/h6-7,9,16H,8H2,1-5H3. The van der Waals surface area contributed by atoms with Crippen LogP contribution < -0.4 is 9.47 Å². The van der Waals surface area contributed by atoms with E-state index in [4.69, 9.17) is 9.47 Å². The number of halogens is 1. The van der Waals surface area contributed by atoms with Crippen LogP contribution in [0.5, 0.6) is 11.5 Å². The van der Waals surface area contributed by atoms with E-state index in [9.17, 15) is 9.50 Å². The summed E-state index contributed by atoms with van der Waals surface area (Å²) in [4.78, 5) is 0. The molecule has 0 saturated heterocycles. The van der Waals surface area contributed by atoms with Crippen LogP contribution in [0.25, 0.3) is 0 Å². The van der Waals surface area contributed by atoms with Gasteiger partial charge in [0.15, 0.2) is 0 Å². The van der Waals surface area contributed by atoms with Crippen molar-refractivity contribution in [2.75, 3.05) is 20.8 Å². The number of hydrogen-bond acceptors (Lipinski definition) is 3. The quantitative estimate of drug-likeness (QED) is 0.880. The van der Waals surface area contributed by atoms with Gasteiger partial charge in [0.1, 0.15) is 17.7 Å². The van der Waals surface area contributed by atoms with Gasteiger partial charge in [0, 0.05) is 22.6 Å². The average molecular weight is 256 g/mol. The molecule has 1 aromatic carbocycles. The summed E-state index contributed by atoms with van der Waals surface area (Å²) in [7, 11) is 3.04. The Balaban J connectivity index is 3.46. The molecule has 1 unspecified atom stereocenters. The van der Waals surface area contributed by atoms with Crippen LogP contribution in [0.3, 0.4) is 0 Å². The largest absolute Gasteiger partial charge is 0.496 e. The molecule has 102 valence electrons. The molecule has 3 nitrogen and oxygen atoms in total. The highest BCUT2D eigenvalue weighted by atomic mass is 19.1. The topological polar surface area (TPSA) is 38.7 Å². The number of aliphatic hydroxyl groups is 1. The lowest BCUT2D eigenvalue weighted by Crippen LogP contribution is -2.23. The molecule has 0 saturated carbocycles. The van der Waals surface area contributed by atoms with Crippen molar-refractivity contribution in [1.29, 1.82) is 0 Å². The molecule has 0 aliphatic heterocycles. The van der Waals surface area contributed by atoms with Gasteiger partial charge in [-0.25, -0.2) is 4.39 Å². The third kappa shape index (κ3) is 2.75. The van der Waals surface area contributed by atoms with Gasteiger partial charge in [-0.05, 0) is 13.0 Å². The summed E-state index contributed by atoms with van der Waals surface area (Å²) in [6.07, 6.45) is -1.14. The maximum atomic E-state index is 13.6. The minimum absolute atomic E-state index is 0.0458. The minimum Gasteiger partial charge on any atom is -0.496 e. The van der Waals surface area contributed by atoms with E-state index in [-0.39, 0.29) is 6.61 Å². The van der Waals surface area contributed by atoms with Crippen LogP contribution in [0.4, 0.5) is 4.39 Å². The molecule has 0 aliphatic carbocycles. The summed E-state index contributed by atoms with van der Waals surface area (Å²) in [5.41, 5.74) is 0.740. The lowest BCUT2D eigenvalue weighted by Gasteiger charge is -2.26. The molecule has 0 bridgehead atoms. The van der Waals surface area contributed by atoms with Crippen LogP contribution in [-0.4, -0.2) is 25.9 Å². The van der Waals surface area contributed by atoms with E-state index in [2.05, 4.69) is 0 Å². The van der Waals surface area contributed by atoms with Gasteiger partial charge in [-0.2, -0.15) is 0 Å². The minimum atomic E-state index is -1.14. The van der Waals surface area contributed by atoms with Crippen molar-refractivity contribution in [3.8, 4) is 11.5 Å². The van der Waals surface area contributed by atoms with Gasteiger partial charge in [-0.15, -0.1) is 0 Å². The van der Waals surface area contributed by atoms with E-state index in [1.807, 2.05) is 13.8 Å². The normalized spacial score (nSPS) is 13.3. The van der Waals surface area contributed by atoms with Crippen LogP contribution in [0.2, 0.25) is 0 Å². The Kier molecular flexibility index (Phi) is 4.57. The Morgan fingerprint density at radius 2 is 1.78 bits per heavy atom. The first-order chi connectivity index (χ1) is 8.37. The summed E-state index contributed by atoms with van der Waals surface area (Å²) in [6, 6.07) is 3.37. The number of alkyl halides is 1. The lowest BCUT2D eigenvalue weighted by molar-refractivity contribution is 0.214. The van der Waals surface area contributed by atoms with Crippen molar-refractivity contribution >= 4 is 0 Å². The molecule has 18 heavy (non-hydrogen) atoms. The first-order valence-corrected chi connectivity index (χ1v) is 5.88. The molecule has 0 aliphatic rings. The summed E-state index contributed by atoms with van der Waals surface area (Å²) in [5, 5.41) is 9.44. The second-order valence-electron chi connectivity index (χ2n) is 4.95. The zero-order valence-electron chi connectivity index (χ0n) is 11.6. The predicted octanol–water partition coefficient (Wildman–Crippen LogP) is 3.00. The lowest BCUT2D eigenvalue weighted by atomic mass is 9.83. The van der Waals surface area contributed by atoms with E-state index in [0.717, 1.165) is 5.56 Å². The van der Waals surface area contributed by atoms with Crippen LogP contribution in [-0.2, 0) is 5.41 Å². The molecule has 1 aromatic rings. The summed E-state index contributed by atoms with van der Waals surface area (Å²) >= 11 is 0. The highest BCUT2D eigenvalue weighted by Gasteiger charge is 2.26. The van der Waals surface area contributed by atoms with E-state index >= 15 is 0 Å². The summed E-state index contributed by atoms with van der Waals surface area (Å²) < 4.78 is 24.1. The van der Waals surface area contributed by atoms with E-state index < -0.39 is 11.6 Å². The number of benzene rings is 1. The predicted molar refractivity (Wildman–Crippen MR) is 69.2 cm³/mol. The van der Waals surface area contributed by atoms with Crippen molar-refractivity contribution in [2.45, 2.75) is 32.4 Å². The van der Waals surface area contributed by atoms with Crippen molar-refractivity contribution in [1.82, 2.24) is 0 Å². The second kappa shape index (κ2) is 5.57. The third-order valence-corrected chi connectivity index (χ3v) is 3.10. The van der Waals surface area contributed by atoms with Crippen molar-refractivity contribution in [3.05, 3.63) is 23.3 Å². The molecule has 0 radical (unpaired) electrons. The van der Waals surface area contributed by atoms with Crippen molar-refractivity contribution in [3.63, 3.8) is 0 Å². The summed E-state index contributed by atoms with van der Waals surface area (Å²) in [6.45, 7) is 5.17. The first kappa shape index (κ1) is 14.8. The first-order valence-electron chi connectivity index (χ1n) is 5.88. The second-order valence-corrected chi connectivity index (χ2v) is 4.95. The highest BCUT2D eigenvalue weighted by molar-refractivity contribution is 5.50. The molecular weight excluding hydrogens is 235 g/mol. The van der Waals surface area contributed by atoms with Gasteiger partial charge in [-0.3, -0.25) is 0 Å². The maximum Gasteiger partial charge on any atom is 0.128 e. The van der Waals surface area contributed by atoms with Crippen LogP contribution in [0.1, 0.15) is 38.1 Å². The maximum absolute atomic E-state index is 13.6. The van der Waals surface area contributed by atoms with Gasteiger partial charge < -0.3 is 14.6 Å². The van der Waals surface area contributed by atoms with Crippen LogP contribution in [0, 0.1) is 0 Å². The van der Waals surface area contributed by atoms with Gasteiger partial charge in [0.2, 0.25) is 0 Å². The van der Waals surface area contributed by atoms with E-state index in [1.165, 1.54) is 14.0 Å². The SMILES string of the molecule is COc1cc(OC)c(C(C)(C)CO)cc1C(C)F. The molecule has 0 aromatic heterocycles. The molecular formula is C14H21FO3. The zero-order valence-corrected chi connectivity index (χ0v) is 11.6.